The molecule has 1 aliphatic rings. The molecule has 2 aromatic heterocycles. The van der Waals surface area contributed by atoms with Crippen molar-refractivity contribution >= 4 is 45.1 Å². The molecule has 3 heterocycles. The topological polar surface area (TPSA) is 65.2 Å². The van der Waals surface area contributed by atoms with Crippen molar-refractivity contribution in [2.75, 3.05) is 10.2 Å². The Morgan fingerprint density at radius 3 is 1.93 bits per heavy atom. The summed E-state index contributed by atoms with van der Waals surface area (Å²) in [6, 6.07) is 26.8. The van der Waals surface area contributed by atoms with E-state index in [9.17, 15) is 9.59 Å². The number of thiophene rings is 1. The maximum Gasteiger partial charge on any atom is 0.298 e. The van der Waals surface area contributed by atoms with E-state index in [4.69, 9.17) is 0 Å². The zero-order chi connectivity index (χ0) is 19.3. The van der Waals surface area contributed by atoms with Crippen molar-refractivity contribution in [1.82, 2.24) is 4.98 Å². The van der Waals surface area contributed by atoms with E-state index in [1.54, 1.807) is 23.6 Å². The fraction of sp³-hybridized carbons (Fsp3) is 0. The van der Waals surface area contributed by atoms with E-state index >= 15 is 0 Å². The summed E-state index contributed by atoms with van der Waals surface area (Å²) in [5.41, 5.74) is 3.32. The van der Waals surface area contributed by atoms with Gasteiger partial charge in [-0.05, 0) is 47.8 Å². The Morgan fingerprint density at radius 1 is 0.750 bits per heavy atom. The zero-order valence-electron chi connectivity index (χ0n) is 14.8. The molecule has 0 aliphatic carbocycles. The molecule has 1 amide bonds. The molecule has 5 nitrogen and oxygen atoms in total. The summed E-state index contributed by atoms with van der Waals surface area (Å²) in [5.74, 6) is -1.04. The first kappa shape index (κ1) is 17.8. The maximum absolute atomic E-state index is 10.8. The predicted octanol–water partition coefficient (Wildman–Crippen LogP) is 5.37. The van der Waals surface area contributed by atoms with Crippen LogP contribution >= 0.6 is 11.3 Å². The molecule has 0 saturated carbocycles. The van der Waals surface area contributed by atoms with Crippen molar-refractivity contribution in [2.24, 2.45) is 0 Å². The van der Waals surface area contributed by atoms with Gasteiger partial charge in [-0.3, -0.25) is 9.59 Å². The summed E-state index contributed by atoms with van der Waals surface area (Å²) in [6.45, 7) is 0. The standard InChI is InChI=1S/C16H13NS.C6H4N2O2/c1-3-8-14(9-4-1)17(16-12-7-13-18-16)15-10-5-2-6-11-15;9-5-4-3(1-2-7-4)8-6(5)10/h1-13H;1-2,7H,(H,8,9,10). The minimum atomic E-state index is -0.554. The smallest absolute Gasteiger partial charge is 0.298 e. The van der Waals surface area contributed by atoms with Crippen LogP contribution in [-0.4, -0.2) is 16.7 Å². The normalized spacial score (nSPS) is 12.0. The largest absolute Gasteiger partial charge is 0.357 e. The quantitative estimate of drug-likeness (QED) is 0.465. The van der Waals surface area contributed by atoms with Gasteiger partial charge in [0.25, 0.3) is 11.7 Å². The molecule has 0 atom stereocenters. The molecule has 28 heavy (non-hydrogen) atoms. The van der Waals surface area contributed by atoms with Gasteiger partial charge in [0.1, 0.15) is 5.69 Å². The molecule has 2 N–H and O–H groups in total. The van der Waals surface area contributed by atoms with Gasteiger partial charge in [-0.15, -0.1) is 11.3 Å². The number of hydrogen-bond donors (Lipinski definition) is 2. The van der Waals surface area contributed by atoms with E-state index in [0.29, 0.717) is 11.4 Å². The van der Waals surface area contributed by atoms with Crippen LogP contribution in [0.5, 0.6) is 0 Å². The van der Waals surface area contributed by atoms with Gasteiger partial charge in [-0.2, -0.15) is 0 Å². The Bertz CT molecular complexity index is 1030. The number of Topliss-reactive ketones (excluding diaryl/α,β-unsaturated/α-hetero) is 1. The average Bonchev–Trinajstić information content (AvgIpc) is 3.46. The number of carbonyl (C=O) groups is 2. The number of aromatic nitrogens is 1. The van der Waals surface area contributed by atoms with Crippen molar-refractivity contribution < 1.29 is 9.59 Å². The van der Waals surface area contributed by atoms with Crippen LogP contribution < -0.4 is 10.2 Å². The number of para-hydroxylation sites is 2. The molecule has 0 radical (unpaired) electrons. The molecule has 6 heteroatoms. The zero-order valence-corrected chi connectivity index (χ0v) is 15.6. The van der Waals surface area contributed by atoms with Gasteiger partial charge in [0.15, 0.2) is 0 Å². The number of aromatic amines is 1. The highest BCUT2D eigenvalue weighted by Gasteiger charge is 2.28. The Labute approximate surface area is 166 Å². The number of nitrogens with one attached hydrogen (secondary N) is 2. The van der Waals surface area contributed by atoms with Crippen LogP contribution in [0.15, 0.2) is 90.4 Å². The van der Waals surface area contributed by atoms with Crippen molar-refractivity contribution in [3.8, 4) is 0 Å². The molecular formula is C22H17N3O2S. The highest BCUT2D eigenvalue weighted by molar-refractivity contribution is 7.14. The van der Waals surface area contributed by atoms with Crippen molar-refractivity contribution in [3.05, 3.63) is 96.1 Å². The summed E-state index contributed by atoms with van der Waals surface area (Å²) < 4.78 is 0. The van der Waals surface area contributed by atoms with Gasteiger partial charge in [-0.25, -0.2) is 0 Å². The van der Waals surface area contributed by atoms with E-state index in [-0.39, 0.29) is 0 Å². The lowest BCUT2D eigenvalue weighted by Gasteiger charge is -2.23. The lowest BCUT2D eigenvalue weighted by molar-refractivity contribution is -0.112. The minimum absolute atomic E-state index is 0.366. The lowest BCUT2D eigenvalue weighted by Crippen LogP contribution is -2.13. The number of fused-ring (bicyclic) bond motifs is 1. The number of ketones is 1. The molecule has 4 aromatic rings. The first-order valence-electron chi connectivity index (χ1n) is 8.71. The van der Waals surface area contributed by atoms with Crippen LogP contribution in [0, 0.1) is 0 Å². The third kappa shape index (κ3) is 3.58. The Hall–Kier alpha value is -3.64. The van der Waals surface area contributed by atoms with Crippen LogP contribution in [0.3, 0.4) is 0 Å². The first-order chi connectivity index (χ1) is 13.7. The lowest BCUT2D eigenvalue weighted by atomic mass is 10.2. The summed E-state index contributed by atoms with van der Waals surface area (Å²) in [6.07, 6.45) is 1.61. The molecule has 0 unspecified atom stereocenters. The Kier molecular flexibility index (Phi) is 5.03. The SMILES string of the molecule is O=C1Nc2cc[nH]c2C1=O.c1ccc(N(c2ccccc2)c2cccs2)cc1. The molecule has 0 saturated heterocycles. The molecule has 2 aromatic carbocycles. The molecule has 5 rings (SSSR count). The first-order valence-corrected chi connectivity index (χ1v) is 9.59. The Balaban J connectivity index is 0.000000162. The molecule has 138 valence electrons. The van der Waals surface area contributed by atoms with Gasteiger partial charge in [-0.1, -0.05) is 36.4 Å². The highest BCUT2D eigenvalue weighted by Crippen LogP contribution is 2.36. The minimum Gasteiger partial charge on any atom is -0.357 e. The summed E-state index contributed by atoms with van der Waals surface area (Å²) >= 11 is 1.75. The molecular weight excluding hydrogens is 370 g/mol. The molecule has 0 bridgehead atoms. The number of rotatable bonds is 3. The number of benzene rings is 2. The monoisotopic (exact) mass is 387 g/mol. The van der Waals surface area contributed by atoms with Crippen LogP contribution in [0.1, 0.15) is 10.5 Å². The van der Waals surface area contributed by atoms with E-state index < -0.39 is 11.7 Å². The van der Waals surface area contributed by atoms with E-state index in [0.717, 1.165) is 0 Å². The second-order valence-electron chi connectivity index (χ2n) is 6.01. The summed E-state index contributed by atoms with van der Waals surface area (Å²) in [5, 5.41) is 5.74. The van der Waals surface area contributed by atoms with Gasteiger partial charge < -0.3 is 15.2 Å². The number of nitrogens with zero attached hydrogens (tertiary/aromatic N) is 1. The maximum atomic E-state index is 10.8. The predicted molar refractivity (Wildman–Crippen MR) is 113 cm³/mol. The van der Waals surface area contributed by atoms with Gasteiger partial charge in [0.2, 0.25) is 0 Å². The van der Waals surface area contributed by atoms with Crippen LogP contribution in [0.25, 0.3) is 0 Å². The van der Waals surface area contributed by atoms with Crippen molar-refractivity contribution in [2.45, 2.75) is 0 Å². The van der Waals surface area contributed by atoms with Gasteiger partial charge >= 0.3 is 0 Å². The molecule has 1 aliphatic heterocycles. The van der Waals surface area contributed by atoms with E-state index in [1.165, 1.54) is 16.4 Å². The van der Waals surface area contributed by atoms with Crippen LogP contribution in [0.2, 0.25) is 0 Å². The highest BCUT2D eigenvalue weighted by atomic mass is 32.1. The number of hydrogen-bond acceptors (Lipinski definition) is 4. The molecule has 0 fully saturated rings. The second kappa shape index (κ2) is 7.94. The van der Waals surface area contributed by atoms with Crippen LogP contribution in [-0.2, 0) is 4.79 Å². The van der Waals surface area contributed by atoms with Crippen LogP contribution in [0.4, 0.5) is 22.1 Å². The fourth-order valence-electron chi connectivity index (χ4n) is 2.91. The fourth-order valence-corrected chi connectivity index (χ4v) is 3.68. The second-order valence-corrected chi connectivity index (χ2v) is 6.93. The van der Waals surface area contributed by atoms with Crippen molar-refractivity contribution in [1.29, 1.82) is 0 Å². The third-order valence-corrected chi connectivity index (χ3v) is 5.04. The van der Waals surface area contributed by atoms with Crippen molar-refractivity contribution in [3.63, 3.8) is 0 Å². The van der Waals surface area contributed by atoms with E-state index in [1.807, 2.05) is 12.1 Å². The van der Waals surface area contributed by atoms with Gasteiger partial charge in [0.05, 0.1) is 10.7 Å². The molecule has 0 spiro atoms. The number of amides is 1. The average molecular weight is 387 g/mol. The third-order valence-electron chi connectivity index (χ3n) is 4.18. The number of H-pyrrole nitrogens is 1. The van der Waals surface area contributed by atoms with Gasteiger partial charge in [0, 0.05) is 17.6 Å². The summed E-state index contributed by atoms with van der Waals surface area (Å²) in [4.78, 5) is 26.4. The van der Waals surface area contributed by atoms with E-state index in [2.05, 4.69) is 81.2 Å². The summed E-state index contributed by atoms with van der Waals surface area (Å²) in [7, 11) is 0. The number of anilines is 4. The Morgan fingerprint density at radius 2 is 1.39 bits per heavy atom. The number of carbonyl (C=O) groups excluding carboxylic acids is 2.